The fraction of sp³-hybridized carbons (Fsp3) is 0.491. The van der Waals surface area contributed by atoms with Gasteiger partial charge in [-0.3, -0.25) is 33.6 Å². The van der Waals surface area contributed by atoms with Gasteiger partial charge in [0.05, 0.1) is 43.2 Å². The molecule has 6 rings (SSSR count). The molecule has 0 aromatic heterocycles. The van der Waals surface area contributed by atoms with Crippen molar-refractivity contribution >= 4 is 123 Å². The average Bonchev–Trinajstić information content (AvgIpc) is 4.22. The topological polar surface area (TPSA) is 251 Å². The largest absolute Gasteiger partial charge is 0.481 e. The Morgan fingerprint density at radius 3 is 1.28 bits per heavy atom. The highest BCUT2D eigenvalue weighted by Crippen LogP contribution is 2.45. The van der Waals surface area contributed by atoms with Gasteiger partial charge in [0.2, 0.25) is 0 Å². The number of carbonyl (C=O) groups excluding carboxylic acids is 7. The van der Waals surface area contributed by atoms with Crippen LogP contribution in [0, 0.1) is 35.5 Å². The molecule has 74 heavy (non-hydrogen) atoms. The van der Waals surface area contributed by atoms with Gasteiger partial charge in [-0.1, -0.05) is 95.3 Å². The third kappa shape index (κ3) is 19.5. The molecule has 0 unspecified atom stereocenters. The maximum atomic E-state index is 12.6. The lowest BCUT2D eigenvalue weighted by molar-refractivity contribution is -0.143. The number of rotatable bonds is 24. The molecule has 21 heteroatoms. The molecule has 0 saturated heterocycles. The second kappa shape index (κ2) is 28.5. The lowest BCUT2D eigenvalue weighted by Gasteiger charge is -2.22. The summed E-state index contributed by atoms with van der Waals surface area (Å²) in [5.41, 5.74) is 6.12. The van der Waals surface area contributed by atoms with Gasteiger partial charge in [0, 0.05) is 59.1 Å². The number of halogens is 6. The van der Waals surface area contributed by atoms with Crippen LogP contribution in [-0.2, 0) is 33.4 Å². The zero-order chi connectivity index (χ0) is 55.2. The number of unbranched alkanes of at least 4 members (excludes halogenated alkanes) is 4. The predicted octanol–water partition coefficient (Wildman–Crippen LogP) is 12.0. The zero-order valence-corrected chi connectivity index (χ0v) is 45.8. The van der Waals surface area contributed by atoms with Crippen molar-refractivity contribution in [3.8, 4) is 0 Å². The first-order valence-electron chi connectivity index (χ1n) is 24.1. The number of hydrogen-bond acceptors (Lipinski definition) is 12. The highest BCUT2D eigenvalue weighted by Gasteiger charge is 2.49. The Kier molecular flexibility index (Phi) is 23.9. The summed E-state index contributed by atoms with van der Waals surface area (Å²) in [4.78, 5) is 106. The number of ketones is 5. The van der Waals surface area contributed by atoms with Crippen molar-refractivity contribution in [1.29, 1.82) is 0 Å². The number of carboxylic acids is 2. The number of hydrogen-bond donors (Lipinski definition) is 4. The van der Waals surface area contributed by atoms with Crippen LogP contribution >= 0.6 is 69.6 Å². The summed E-state index contributed by atoms with van der Waals surface area (Å²) in [5.74, 6) is -4.57. The Bertz CT molecular complexity index is 2590. The van der Waals surface area contributed by atoms with Crippen molar-refractivity contribution in [1.82, 2.24) is 5.32 Å². The van der Waals surface area contributed by atoms with Gasteiger partial charge in [-0.05, 0) is 120 Å². The van der Waals surface area contributed by atoms with Gasteiger partial charge in [-0.25, -0.2) is 9.59 Å². The van der Waals surface area contributed by atoms with Gasteiger partial charge in [0.25, 0.3) is 0 Å². The van der Waals surface area contributed by atoms with Crippen molar-refractivity contribution in [3.05, 3.63) is 101 Å². The van der Waals surface area contributed by atoms with Crippen LogP contribution in [0.15, 0.2) is 54.6 Å². The minimum absolute atomic E-state index is 0.0654. The normalized spacial score (nSPS) is 19.9. The number of esters is 1. The minimum atomic E-state index is -1.00. The Labute approximate surface area is 459 Å². The molecule has 0 heterocycles. The summed E-state index contributed by atoms with van der Waals surface area (Å²) >= 11 is 35.1. The van der Waals surface area contributed by atoms with Crippen molar-refractivity contribution < 1.29 is 62.8 Å². The molecule has 3 aromatic carbocycles. The van der Waals surface area contributed by atoms with Crippen LogP contribution in [0.5, 0.6) is 0 Å². The Balaban J connectivity index is 0.000000255. The fourth-order valence-corrected chi connectivity index (χ4v) is 8.92. The number of nitrogens with one attached hydrogen (secondary N) is 1. The van der Waals surface area contributed by atoms with Crippen molar-refractivity contribution in [2.24, 2.45) is 41.2 Å². The maximum Gasteiger partial charge on any atom is 0.408 e. The molecule has 402 valence electrons. The van der Waals surface area contributed by atoms with Crippen LogP contribution in [-0.4, -0.2) is 87.9 Å². The third-order valence-electron chi connectivity index (χ3n) is 12.5. The second-order valence-electron chi connectivity index (χ2n) is 19.5. The lowest BCUT2D eigenvalue weighted by Crippen LogP contribution is -2.44. The molecule has 5 N–H and O–H groups in total. The number of aliphatic carboxylic acids is 2. The van der Waals surface area contributed by atoms with Gasteiger partial charge < -0.3 is 30.7 Å². The first-order valence-corrected chi connectivity index (χ1v) is 26.3. The van der Waals surface area contributed by atoms with Gasteiger partial charge in [-0.15, -0.1) is 0 Å². The molecule has 0 aliphatic heterocycles. The molecule has 0 bridgehead atoms. The second-order valence-corrected chi connectivity index (χ2v) is 21.9. The number of methoxy groups -OCH3 is 1. The first kappa shape index (κ1) is 61.9. The lowest BCUT2D eigenvalue weighted by atomic mass is 10.0. The number of carbonyl (C=O) groups is 9. The molecule has 3 fully saturated rings. The van der Waals surface area contributed by atoms with Gasteiger partial charge in [0.1, 0.15) is 29.3 Å². The van der Waals surface area contributed by atoms with Gasteiger partial charge >= 0.3 is 24.0 Å². The standard InChI is InChI=1S/C24H31Cl2NO6.C18H21Cl2NO4.C11H8Cl2O3/c1-24(2,3)33-23(31)27-19(22(30)32-4)8-6-5-7-9-20(28)15-13-16(15)21(29)14-10-11-17(25)18(26)12-14;19-13-7-6-10(8-14(13)20)17(23)12-9-11(12)16(22)5-3-1-2-4-15(21)18(24)25;12-8-2-1-5(3-9(8)13)10(14)6-4-7(6)11(15)16/h10-12,15-16,19H,5-9,13H2,1-4H3,(H,27,31);6-8,11-12,15H,1-5,9,21H2,(H,24,25);1-3,6-7H,4H2,(H,15,16)/t15-,16-,19-;11-,12-,15-;6-,7-/m000/s1. The fourth-order valence-electron chi connectivity index (χ4n) is 8.03. The number of carboxylic acid groups (broad SMARTS) is 2. The number of Topliss-reactive ketones (excluding diaryl/α,β-unsaturated/α-hetero) is 5. The maximum absolute atomic E-state index is 12.6. The molecule has 8 atom stereocenters. The van der Waals surface area contributed by atoms with Crippen LogP contribution in [0.1, 0.15) is 135 Å². The molecule has 1 amide bonds. The van der Waals surface area contributed by atoms with E-state index in [4.69, 9.17) is 95.0 Å². The van der Waals surface area contributed by atoms with E-state index in [9.17, 15) is 43.2 Å². The van der Waals surface area contributed by atoms with E-state index in [0.29, 0.717) is 124 Å². The summed E-state index contributed by atoms with van der Waals surface area (Å²) in [6.07, 6.45) is 6.54. The van der Waals surface area contributed by atoms with E-state index >= 15 is 0 Å². The van der Waals surface area contributed by atoms with E-state index in [0.717, 1.165) is 6.42 Å². The zero-order valence-electron chi connectivity index (χ0n) is 41.2. The van der Waals surface area contributed by atoms with E-state index < -0.39 is 53.5 Å². The predicted molar refractivity (Wildman–Crippen MR) is 282 cm³/mol. The van der Waals surface area contributed by atoms with Crippen molar-refractivity contribution in [2.75, 3.05) is 7.11 Å². The van der Waals surface area contributed by atoms with Crippen LogP contribution in [0.2, 0.25) is 30.1 Å². The summed E-state index contributed by atoms with van der Waals surface area (Å²) in [7, 11) is 1.26. The van der Waals surface area contributed by atoms with Gasteiger partial charge in [0.15, 0.2) is 17.3 Å². The quantitative estimate of drug-likeness (QED) is 0.0370. The summed E-state index contributed by atoms with van der Waals surface area (Å²) in [6.45, 7) is 5.21. The van der Waals surface area contributed by atoms with E-state index in [-0.39, 0.29) is 52.6 Å². The number of amides is 1. The number of ether oxygens (including phenoxy) is 2. The molecule has 3 aliphatic carbocycles. The average molecular weight is 1150 g/mol. The van der Waals surface area contributed by atoms with Crippen LogP contribution in [0.25, 0.3) is 0 Å². The molecule has 0 radical (unpaired) electrons. The van der Waals surface area contributed by atoms with Crippen LogP contribution < -0.4 is 11.1 Å². The highest BCUT2D eigenvalue weighted by molar-refractivity contribution is 6.43. The van der Waals surface area contributed by atoms with E-state index in [1.165, 1.54) is 31.4 Å². The monoisotopic (exact) mass is 1140 g/mol. The number of nitrogens with two attached hydrogens (primary N) is 1. The Morgan fingerprint density at radius 1 is 0.568 bits per heavy atom. The first-order chi connectivity index (χ1) is 34.7. The van der Waals surface area contributed by atoms with Crippen molar-refractivity contribution in [3.63, 3.8) is 0 Å². The molecular formula is C53H60Cl6N2O13. The van der Waals surface area contributed by atoms with Crippen LogP contribution in [0.4, 0.5) is 4.79 Å². The summed E-state index contributed by atoms with van der Waals surface area (Å²) < 4.78 is 9.94. The molecule has 0 spiro atoms. The Morgan fingerprint density at radius 2 is 0.946 bits per heavy atom. The number of benzene rings is 3. The molecule has 3 aliphatic rings. The van der Waals surface area contributed by atoms with E-state index in [1.54, 1.807) is 51.1 Å². The van der Waals surface area contributed by atoms with Crippen LogP contribution in [0.3, 0.4) is 0 Å². The van der Waals surface area contributed by atoms with E-state index in [1.807, 2.05) is 0 Å². The number of alkyl carbamates (subject to hydrolysis) is 1. The minimum Gasteiger partial charge on any atom is -0.481 e. The van der Waals surface area contributed by atoms with Gasteiger partial charge in [-0.2, -0.15) is 0 Å². The molecular weight excluding hydrogens is 1090 g/mol. The molecule has 3 saturated carbocycles. The molecule has 3 aromatic rings. The third-order valence-corrected chi connectivity index (χ3v) is 14.7. The van der Waals surface area contributed by atoms with E-state index in [2.05, 4.69) is 5.32 Å². The molecule has 15 nitrogen and oxygen atoms in total. The summed E-state index contributed by atoms with van der Waals surface area (Å²) in [6, 6.07) is 12.4. The Hall–Kier alpha value is -4.61. The smallest absolute Gasteiger partial charge is 0.408 e. The highest BCUT2D eigenvalue weighted by atomic mass is 35.5. The SMILES string of the molecule is COC(=O)[C@H](CCCCCC(=O)[C@H]1C[C@@H]1C(=O)c1ccc(Cl)c(Cl)c1)NC(=O)OC(C)(C)C.N[C@@H](CCCCCC(=O)[C@H]1C[C@@H]1C(=O)c1ccc(Cl)c(Cl)c1)C(=O)O.O=C(O)[C@H]1C[C@@H]1C(=O)c1ccc(Cl)c(Cl)c1. The van der Waals surface area contributed by atoms with Crippen molar-refractivity contribution in [2.45, 2.75) is 122 Å². The summed E-state index contributed by atoms with van der Waals surface area (Å²) in [5, 5.41) is 22.0.